The molecule has 14 heteroatoms. The van der Waals surface area contributed by atoms with Crippen LogP contribution in [0.25, 0.3) is 4.83 Å². The minimum Gasteiger partial charge on any atom is -0.465 e. The highest BCUT2D eigenvalue weighted by atomic mass is 32.1. The molecule has 4 rings (SSSR count). The maximum absolute atomic E-state index is 13.4. The molecule has 0 spiro atoms. The monoisotopic (exact) mass is 483 g/mol. The molecule has 2 amide bonds. The molecule has 1 aliphatic heterocycles. The Balaban J connectivity index is 1.63. The van der Waals surface area contributed by atoms with Crippen molar-refractivity contribution in [2.24, 2.45) is 0 Å². The Labute approximate surface area is 189 Å². The van der Waals surface area contributed by atoms with Crippen LogP contribution in [-0.4, -0.2) is 78.8 Å². The number of carbonyl (C=O) groups excluding carboxylic acids is 1. The van der Waals surface area contributed by atoms with E-state index >= 15 is 0 Å². The van der Waals surface area contributed by atoms with E-state index in [0.717, 1.165) is 16.7 Å². The van der Waals surface area contributed by atoms with Crippen molar-refractivity contribution in [3.63, 3.8) is 0 Å². The first-order chi connectivity index (χ1) is 15.6. The number of nitrogens with zero attached hydrogens (tertiary/aromatic N) is 6. The molecule has 0 radical (unpaired) electrons. The Morgan fingerprint density at radius 2 is 2.15 bits per heavy atom. The Hall–Kier alpha value is -3.42. The highest BCUT2D eigenvalue weighted by Gasteiger charge is 2.38. The number of amides is 2. The fourth-order valence-electron chi connectivity index (χ4n) is 3.88. The average Bonchev–Trinajstić information content (AvgIpc) is 3.40. The minimum atomic E-state index is -4.44. The van der Waals surface area contributed by atoms with Crippen molar-refractivity contribution in [1.29, 1.82) is 0 Å². The van der Waals surface area contributed by atoms with Gasteiger partial charge in [-0.15, -0.1) is 11.3 Å². The van der Waals surface area contributed by atoms with Gasteiger partial charge >= 0.3 is 12.3 Å². The van der Waals surface area contributed by atoms with E-state index in [1.807, 2.05) is 5.38 Å². The second kappa shape index (κ2) is 8.84. The van der Waals surface area contributed by atoms with Crippen molar-refractivity contribution in [1.82, 2.24) is 29.4 Å². The molecule has 10 nitrogen and oxygen atoms in total. The smallest absolute Gasteiger partial charge is 0.407 e. The molecular weight excluding hydrogens is 463 g/mol. The highest BCUT2D eigenvalue weighted by Crippen LogP contribution is 2.37. The Bertz CT molecular complexity index is 1160. The Morgan fingerprint density at radius 3 is 2.88 bits per heavy atom. The first kappa shape index (κ1) is 22.8. The van der Waals surface area contributed by atoms with Crippen LogP contribution < -0.4 is 5.32 Å². The van der Waals surface area contributed by atoms with Crippen LogP contribution in [0, 0.1) is 0 Å². The van der Waals surface area contributed by atoms with Gasteiger partial charge in [0.1, 0.15) is 29.2 Å². The van der Waals surface area contributed by atoms with E-state index in [4.69, 9.17) is 0 Å². The summed E-state index contributed by atoms with van der Waals surface area (Å²) in [6.07, 6.45) is -0.289. The van der Waals surface area contributed by atoms with Gasteiger partial charge in [-0.3, -0.25) is 4.79 Å². The molecule has 33 heavy (non-hydrogen) atoms. The van der Waals surface area contributed by atoms with E-state index < -0.39 is 30.8 Å². The van der Waals surface area contributed by atoms with E-state index in [1.54, 1.807) is 21.8 Å². The molecule has 1 fully saturated rings. The Kier molecular flexibility index (Phi) is 6.10. The molecule has 3 aromatic heterocycles. The first-order valence-electron chi connectivity index (χ1n) is 9.94. The molecule has 1 aliphatic rings. The molecule has 1 saturated heterocycles. The SMILES string of the molecule is CN(C(=O)O)C1CCN(C(=O)c2cc(NCC(F)(F)F)ncn2)C(c2cnn3ccsc23)C1. The predicted molar refractivity (Wildman–Crippen MR) is 112 cm³/mol. The van der Waals surface area contributed by atoms with Gasteiger partial charge in [-0.25, -0.2) is 19.3 Å². The summed E-state index contributed by atoms with van der Waals surface area (Å²) >= 11 is 1.44. The van der Waals surface area contributed by atoms with Crippen LogP contribution in [0.2, 0.25) is 0 Å². The molecule has 176 valence electrons. The molecule has 4 heterocycles. The van der Waals surface area contributed by atoms with Crippen molar-refractivity contribution < 1.29 is 27.9 Å². The Morgan fingerprint density at radius 1 is 1.36 bits per heavy atom. The molecule has 0 bridgehead atoms. The van der Waals surface area contributed by atoms with Gasteiger partial charge in [0, 0.05) is 42.8 Å². The van der Waals surface area contributed by atoms with E-state index in [-0.39, 0.29) is 24.1 Å². The number of fused-ring (bicyclic) bond motifs is 1. The number of hydrogen-bond acceptors (Lipinski definition) is 7. The number of nitrogens with one attached hydrogen (secondary N) is 1. The number of anilines is 1. The largest absolute Gasteiger partial charge is 0.465 e. The van der Waals surface area contributed by atoms with Gasteiger partial charge in [0.25, 0.3) is 5.91 Å². The van der Waals surface area contributed by atoms with Crippen molar-refractivity contribution in [2.75, 3.05) is 25.5 Å². The highest BCUT2D eigenvalue weighted by molar-refractivity contribution is 7.15. The number of carboxylic acid groups (broad SMARTS) is 1. The van der Waals surface area contributed by atoms with Crippen LogP contribution >= 0.6 is 11.3 Å². The van der Waals surface area contributed by atoms with E-state index in [9.17, 15) is 27.9 Å². The number of halogens is 3. The van der Waals surface area contributed by atoms with Crippen LogP contribution in [0.3, 0.4) is 0 Å². The lowest BCUT2D eigenvalue weighted by molar-refractivity contribution is -0.115. The van der Waals surface area contributed by atoms with Gasteiger partial charge < -0.3 is 20.2 Å². The summed E-state index contributed by atoms with van der Waals surface area (Å²) in [5, 5.41) is 17.7. The number of thiazole rings is 1. The summed E-state index contributed by atoms with van der Waals surface area (Å²) in [6, 6.07) is 0.371. The lowest BCUT2D eigenvalue weighted by Crippen LogP contribution is -2.48. The van der Waals surface area contributed by atoms with Crippen LogP contribution in [-0.2, 0) is 0 Å². The van der Waals surface area contributed by atoms with Crippen molar-refractivity contribution in [2.45, 2.75) is 31.1 Å². The molecule has 0 aliphatic carbocycles. The van der Waals surface area contributed by atoms with Crippen molar-refractivity contribution in [3.05, 3.63) is 41.4 Å². The number of carbonyl (C=O) groups is 2. The van der Waals surface area contributed by atoms with Gasteiger partial charge in [0.05, 0.1) is 12.2 Å². The molecule has 0 aromatic carbocycles. The molecule has 2 N–H and O–H groups in total. The molecule has 3 aromatic rings. The molecular formula is C19H20F3N7O3S. The fraction of sp³-hybridized carbons (Fsp3) is 0.421. The van der Waals surface area contributed by atoms with Crippen molar-refractivity contribution >= 4 is 34.0 Å². The van der Waals surface area contributed by atoms with E-state index in [0.29, 0.717) is 12.8 Å². The summed E-state index contributed by atoms with van der Waals surface area (Å²) in [4.78, 5) is 36.2. The van der Waals surface area contributed by atoms with Gasteiger partial charge in [-0.1, -0.05) is 0 Å². The van der Waals surface area contributed by atoms with Gasteiger partial charge in [0.2, 0.25) is 0 Å². The summed E-state index contributed by atoms with van der Waals surface area (Å²) in [5.74, 6) is -0.598. The van der Waals surface area contributed by atoms with Gasteiger partial charge in [-0.05, 0) is 12.8 Å². The summed E-state index contributed by atoms with van der Waals surface area (Å²) in [7, 11) is 1.49. The molecule has 2 unspecified atom stereocenters. The van der Waals surface area contributed by atoms with Crippen LogP contribution in [0.1, 0.15) is 34.9 Å². The number of aromatic nitrogens is 4. The maximum Gasteiger partial charge on any atom is 0.407 e. The third kappa shape index (κ3) is 4.84. The third-order valence-corrected chi connectivity index (χ3v) is 6.46. The second-order valence-electron chi connectivity index (χ2n) is 7.60. The quantitative estimate of drug-likeness (QED) is 0.573. The third-order valence-electron chi connectivity index (χ3n) is 5.56. The van der Waals surface area contributed by atoms with E-state index in [2.05, 4.69) is 20.4 Å². The lowest BCUT2D eigenvalue weighted by Gasteiger charge is -2.41. The van der Waals surface area contributed by atoms with Crippen LogP contribution in [0.5, 0.6) is 0 Å². The maximum atomic E-state index is 13.4. The van der Waals surface area contributed by atoms with Gasteiger partial charge in [0.15, 0.2) is 0 Å². The number of rotatable bonds is 5. The lowest BCUT2D eigenvalue weighted by atomic mass is 9.92. The first-order valence-corrected chi connectivity index (χ1v) is 10.8. The minimum absolute atomic E-state index is 0.0562. The number of alkyl halides is 3. The summed E-state index contributed by atoms with van der Waals surface area (Å²) in [6.45, 7) is -1.05. The fourth-order valence-corrected chi connectivity index (χ4v) is 4.72. The number of piperidine rings is 1. The van der Waals surface area contributed by atoms with Crippen molar-refractivity contribution in [3.8, 4) is 0 Å². The predicted octanol–water partition coefficient (Wildman–Crippen LogP) is 3.12. The standard InChI is InChI=1S/C19H20F3N7O3S/c1-27(18(31)32)11-2-3-28(14(6-11)12-8-26-29-4-5-33-17(12)29)16(30)13-7-15(25-10-24-13)23-9-19(20,21)22/h4-5,7-8,10-11,14H,2-3,6,9H2,1H3,(H,31,32)(H,23,24,25). The number of likely N-dealkylation sites (tertiary alicyclic amines) is 1. The van der Waals surface area contributed by atoms with E-state index in [1.165, 1.54) is 29.4 Å². The van der Waals surface area contributed by atoms with Crippen LogP contribution in [0.4, 0.5) is 23.8 Å². The topological polar surface area (TPSA) is 116 Å². The zero-order valence-electron chi connectivity index (χ0n) is 17.4. The average molecular weight is 483 g/mol. The zero-order valence-corrected chi connectivity index (χ0v) is 18.2. The summed E-state index contributed by atoms with van der Waals surface area (Å²) in [5.41, 5.74) is 0.714. The summed E-state index contributed by atoms with van der Waals surface area (Å²) < 4.78 is 39.3. The normalized spacial score (nSPS) is 19.0. The van der Waals surface area contributed by atoms with Gasteiger partial charge in [-0.2, -0.15) is 18.3 Å². The van der Waals surface area contributed by atoms with Crippen LogP contribution in [0.15, 0.2) is 30.2 Å². The molecule has 2 atom stereocenters. The molecule has 0 saturated carbocycles. The second-order valence-corrected chi connectivity index (χ2v) is 8.49. The zero-order chi connectivity index (χ0) is 23.8. The number of hydrogen-bond donors (Lipinski definition) is 2.